The number of benzene rings is 1. The number of hydrogen-bond donors (Lipinski definition) is 2. The fourth-order valence-corrected chi connectivity index (χ4v) is 2.82. The summed E-state index contributed by atoms with van der Waals surface area (Å²) >= 11 is 0. The number of nitrogens with zero attached hydrogens (tertiary/aromatic N) is 3. The number of carbonyl (C=O) groups is 1. The van der Waals surface area contributed by atoms with Crippen LogP contribution in [0.3, 0.4) is 0 Å². The zero-order valence-corrected chi connectivity index (χ0v) is 11.4. The molecule has 3 N–H and O–H groups in total. The van der Waals surface area contributed by atoms with E-state index in [1.54, 1.807) is 0 Å². The Hall–Kier alpha value is -2.08. The Morgan fingerprint density at radius 1 is 1.45 bits per heavy atom. The van der Waals surface area contributed by atoms with E-state index in [1.165, 1.54) is 0 Å². The van der Waals surface area contributed by atoms with E-state index in [9.17, 15) is 9.90 Å². The van der Waals surface area contributed by atoms with Crippen molar-refractivity contribution in [3.63, 3.8) is 0 Å². The highest BCUT2D eigenvalue weighted by atomic mass is 16.3. The average Bonchev–Trinajstić information content (AvgIpc) is 2.77. The Labute approximate surface area is 116 Å². The molecule has 2 heterocycles. The molecule has 0 saturated carbocycles. The van der Waals surface area contributed by atoms with Gasteiger partial charge in [-0.3, -0.25) is 4.79 Å². The number of piperidine rings is 1. The number of β-amino-alcohol motifs (C(OH)–C–C–N with tert-alkyl or cyclic N) is 1. The Morgan fingerprint density at radius 3 is 2.90 bits per heavy atom. The third-order valence-electron chi connectivity index (χ3n) is 3.98. The van der Waals surface area contributed by atoms with Crippen molar-refractivity contribution in [1.82, 2.24) is 9.55 Å². The maximum Gasteiger partial charge on any atom is 0.251 e. The van der Waals surface area contributed by atoms with E-state index in [4.69, 9.17) is 5.73 Å². The molecule has 1 atom stereocenters. The lowest BCUT2D eigenvalue weighted by molar-refractivity contribution is -0.137. The van der Waals surface area contributed by atoms with Crippen LogP contribution in [0, 0.1) is 0 Å². The van der Waals surface area contributed by atoms with Crippen LogP contribution in [0.2, 0.25) is 0 Å². The van der Waals surface area contributed by atoms with Gasteiger partial charge in [-0.2, -0.15) is 0 Å². The second kappa shape index (κ2) is 4.49. The molecule has 0 radical (unpaired) electrons. The number of primary amides is 1. The number of para-hydroxylation sites is 2. The van der Waals surface area contributed by atoms with Crippen LogP contribution in [0.5, 0.6) is 0 Å². The lowest BCUT2D eigenvalue weighted by Crippen LogP contribution is -2.56. The topological polar surface area (TPSA) is 84.4 Å². The van der Waals surface area contributed by atoms with Crippen LogP contribution in [0.15, 0.2) is 24.3 Å². The van der Waals surface area contributed by atoms with E-state index in [0.717, 1.165) is 23.5 Å². The molecule has 1 aliphatic rings. The van der Waals surface area contributed by atoms with Gasteiger partial charge in [0.2, 0.25) is 5.95 Å². The van der Waals surface area contributed by atoms with Crippen molar-refractivity contribution in [2.75, 3.05) is 18.0 Å². The number of imidazole rings is 1. The molecule has 1 amide bonds. The first-order chi connectivity index (χ1) is 9.51. The number of amides is 1. The number of aryl methyl sites for hydroxylation is 1. The highest BCUT2D eigenvalue weighted by Gasteiger charge is 2.39. The molecular weight excluding hydrogens is 256 g/mol. The second-order valence-corrected chi connectivity index (χ2v) is 5.38. The molecule has 2 aromatic rings. The molecule has 20 heavy (non-hydrogen) atoms. The first-order valence-electron chi connectivity index (χ1n) is 6.70. The summed E-state index contributed by atoms with van der Waals surface area (Å²) < 4.78 is 1.97. The highest BCUT2D eigenvalue weighted by molar-refractivity contribution is 5.84. The summed E-state index contributed by atoms with van der Waals surface area (Å²) in [6, 6.07) is 7.85. The van der Waals surface area contributed by atoms with E-state index < -0.39 is 11.5 Å². The van der Waals surface area contributed by atoms with Crippen molar-refractivity contribution in [2.24, 2.45) is 12.8 Å². The number of carbonyl (C=O) groups excluding carboxylic acids is 1. The first kappa shape index (κ1) is 12.9. The van der Waals surface area contributed by atoms with E-state index in [1.807, 2.05) is 40.8 Å². The molecule has 6 heteroatoms. The van der Waals surface area contributed by atoms with E-state index in [2.05, 4.69) is 4.98 Å². The van der Waals surface area contributed by atoms with E-state index >= 15 is 0 Å². The van der Waals surface area contributed by atoms with Crippen molar-refractivity contribution in [1.29, 1.82) is 0 Å². The fourth-order valence-electron chi connectivity index (χ4n) is 2.82. The lowest BCUT2D eigenvalue weighted by Gasteiger charge is -2.37. The lowest BCUT2D eigenvalue weighted by atomic mass is 9.92. The number of hydrogen-bond acceptors (Lipinski definition) is 4. The minimum Gasteiger partial charge on any atom is -0.378 e. The molecule has 1 aliphatic heterocycles. The minimum absolute atomic E-state index is 0.194. The second-order valence-electron chi connectivity index (χ2n) is 5.38. The molecule has 1 aromatic heterocycles. The monoisotopic (exact) mass is 274 g/mol. The van der Waals surface area contributed by atoms with Gasteiger partial charge in [-0.15, -0.1) is 0 Å². The van der Waals surface area contributed by atoms with Crippen LogP contribution >= 0.6 is 0 Å². The predicted octanol–water partition coefficient (Wildman–Crippen LogP) is 0.390. The number of aliphatic hydroxyl groups is 1. The maximum absolute atomic E-state index is 11.4. The van der Waals surface area contributed by atoms with Crippen LogP contribution in [-0.4, -0.2) is 39.3 Å². The zero-order chi connectivity index (χ0) is 14.3. The molecule has 1 aromatic carbocycles. The Morgan fingerprint density at radius 2 is 2.20 bits per heavy atom. The van der Waals surface area contributed by atoms with Crippen molar-refractivity contribution in [3.8, 4) is 0 Å². The summed E-state index contributed by atoms with van der Waals surface area (Å²) in [4.78, 5) is 17.9. The number of aromatic nitrogens is 2. The minimum atomic E-state index is -1.46. The number of fused-ring (bicyclic) bond motifs is 1. The molecule has 1 fully saturated rings. The van der Waals surface area contributed by atoms with Gasteiger partial charge >= 0.3 is 0 Å². The number of anilines is 1. The normalized spacial score (nSPS) is 23.2. The van der Waals surface area contributed by atoms with Gasteiger partial charge in [-0.05, 0) is 25.0 Å². The largest absolute Gasteiger partial charge is 0.378 e. The summed E-state index contributed by atoms with van der Waals surface area (Å²) in [5.74, 6) is 0.0894. The van der Waals surface area contributed by atoms with Crippen LogP contribution < -0.4 is 10.6 Å². The van der Waals surface area contributed by atoms with Gasteiger partial charge in [0.25, 0.3) is 5.91 Å². The summed E-state index contributed by atoms with van der Waals surface area (Å²) in [6.07, 6.45) is 1.12. The maximum atomic E-state index is 11.4. The third kappa shape index (κ3) is 1.92. The average molecular weight is 274 g/mol. The quantitative estimate of drug-likeness (QED) is 0.829. The molecule has 0 unspecified atom stereocenters. The molecule has 1 saturated heterocycles. The van der Waals surface area contributed by atoms with Gasteiger partial charge in [-0.25, -0.2) is 4.98 Å². The molecule has 6 nitrogen and oxygen atoms in total. The van der Waals surface area contributed by atoms with Crippen molar-refractivity contribution in [2.45, 2.75) is 18.4 Å². The Bertz CT molecular complexity index is 666. The van der Waals surface area contributed by atoms with Crippen LogP contribution in [0.25, 0.3) is 11.0 Å². The third-order valence-corrected chi connectivity index (χ3v) is 3.98. The smallest absolute Gasteiger partial charge is 0.251 e. The van der Waals surface area contributed by atoms with E-state index in [-0.39, 0.29) is 6.54 Å². The van der Waals surface area contributed by atoms with Crippen LogP contribution in [0.4, 0.5) is 5.95 Å². The zero-order valence-electron chi connectivity index (χ0n) is 11.4. The molecule has 0 bridgehead atoms. The summed E-state index contributed by atoms with van der Waals surface area (Å²) in [5.41, 5.74) is 5.78. The fraction of sp³-hybridized carbons (Fsp3) is 0.429. The molecule has 3 rings (SSSR count). The van der Waals surface area contributed by atoms with Crippen molar-refractivity contribution < 1.29 is 9.90 Å². The van der Waals surface area contributed by atoms with Gasteiger partial charge in [0.05, 0.1) is 17.6 Å². The molecule has 0 aliphatic carbocycles. The van der Waals surface area contributed by atoms with Gasteiger partial charge in [0.1, 0.15) is 0 Å². The summed E-state index contributed by atoms with van der Waals surface area (Å²) in [6.45, 7) is 0.951. The van der Waals surface area contributed by atoms with Crippen molar-refractivity contribution in [3.05, 3.63) is 24.3 Å². The molecule has 0 spiro atoms. The van der Waals surface area contributed by atoms with Gasteiger partial charge in [0, 0.05) is 13.6 Å². The summed E-state index contributed by atoms with van der Waals surface area (Å²) in [5, 5.41) is 10.3. The highest BCUT2D eigenvalue weighted by Crippen LogP contribution is 2.27. The van der Waals surface area contributed by atoms with Crippen LogP contribution in [0.1, 0.15) is 12.8 Å². The van der Waals surface area contributed by atoms with E-state index in [0.29, 0.717) is 12.8 Å². The standard InChI is InChI=1S/C14H18N4O2/c1-17-11-6-3-2-5-10(11)16-13(17)18-8-4-7-14(20,9-18)12(15)19/h2-3,5-6,20H,4,7-9H2,1H3,(H2,15,19)/t14-/m1/s1. The Kier molecular flexibility index (Phi) is 2.90. The van der Waals surface area contributed by atoms with Gasteiger partial charge in [0.15, 0.2) is 5.60 Å². The molecular formula is C14H18N4O2. The number of nitrogens with two attached hydrogens (primary N) is 1. The first-order valence-corrected chi connectivity index (χ1v) is 6.70. The van der Waals surface area contributed by atoms with Gasteiger partial charge < -0.3 is 20.3 Å². The summed E-state index contributed by atoms with van der Waals surface area (Å²) in [7, 11) is 1.93. The van der Waals surface area contributed by atoms with Crippen LogP contribution in [-0.2, 0) is 11.8 Å². The van der Waals surface area contributed by atoms with Crippen molar-refractivity contribution >= 4 is 22.9 Å². The van der Waals surface area contributed by atoms with Gasteiger partial charge in [-0.1, -0.05) is 12.1 Å². The predicted molar refractivity (Wildman–Crippen MR) is 76.3 cm³/mol. The number of rotatable bonds is 2. The Balaban J connectivity index is 1.99. The SMILES string of the molecule is Cn1c(N2CCC[C@](O)(C(N)=O)C2)nc2ccccc21. The molecule has 106 valence electrons.